The second-order valence-electron chi connectivity index (χ2n) is 5.19. The molecule has 0 spiro atoms. The van der Waals surface area contributed by atoms with E-state index in [0.29, 0.717) is 20.7 Å². The minimum Gasteiger partial charge on any atom is -0.381 e. The number of hydrogen-bond donors (Lipinski definition) is 1. The van der Waals surface area contributed by atoms with Crippen molar-refractivity contribution in [2.75, 3.05) is 13.2 Å². The highest BCUT2D eigenvalue weighted by Crippen LogP contribution is 2.27. The van der Waals surface area contributed by atoms with Gasteiger partial charge >= 0.3 is 0 Å². The van der Waals surface area contributed by atoms with Gasteiger partial charge in [-0.05, 0) is 36.7 Å². The van der Waals surface area contributed by atoms with Crippen molar-refractivity contribution in [1.29, 1.82) is 0 Å². The van der Waals surface area contributed by atoms with Crippen LogP contribution in [0.2, 0.25) is 10.0 Å². The van der Waals surface area contributed by atoms with Gasteiger partial charge in [0.05, 0.1) is 21.1 Å². The first kappa shape index (κ1) is 15.8. The Bertz CT molecular complexity index is 648. The SMILES string of the molecule is CC(C)COCCCn1c(=S)[nH]c2cc(Cl)c(Cl)cc21. The molecule has 0 atom stereocenters. The van der Waals surface area contributed by atoms with Crippen LogP contribution in [0.3, 0.4) is 0 Å². The van der Waals surface area contributed by atoms with E-state index in [1.165, 1.54) is 0 Å². The zero-order valence-electron chi connectivity index (χ0n) is 11.6. The Morgan fingerprint density at radius 1 is 1.30 bits per heavy atom. The van der Waals surface area contributed by atoms with Crippen molar-refractivity contribution in [3.05, 3.63) is 26.9 Å². The molecular formula is C14H18Cl2N2OS. The van der Waals surface area contributed by atoms with Crippen LogP contribution in [0.4, 0.5) is 0 Å². The Kier molecular flexibility index (Phi) is 5.49. The average molecular weight is 333 g/mol. The summed E-state index contributed by atoms with van der Waals surface area (Å²) in [6.45, 7) is 6.60. The third-order valence-electron chi connectivity index (χ3n) is 2.94. The van der Waals surface area contributed by atoms with Gasteiger partial charge < -0.3 is 14.3 Å². The van der Waals surface area contributed by atoms with Crippen molar-refractivity contribution in [3.8, 4) is 0 Å². The number of aromatic nitrogens is 2. The van der Waals surface area contributed by atoms with E-state index in [4.69, 9.17) is 40.2 Å². The lowest BCUT2D eigenvalue weighted by Crippen LogP contribution is -2.06. The molecular weight excluding hydrogens is 315 g/mol. The predicted octanol–water partition coefficient (Wildman–Crippen LogP) is 5.07. The monoisotopic (exact) mass is 332 g/mol. The molecule has 20 heavy (non-hydrogen) atoms. The van der Waals surface area contributed by atoms with E-state index in [1.807, 2.05) is 10.6 Å². The highest BCUT2D eigenvalue weighted by Gasteiger charge is 2.08. The summed E-state index contributed by atoms with van der Waals surface area (Å²) in [4.78, 5) is 3.15. The quantitative estimate of drug-likeness (QED) is 0.591. The molecule has 1 aromatic carbocycles. The Labute approximate surface area is 133 Å². The van der Waals surface area contributed by atoms with Crippen LogP contribution in [0.5, 0.6) is 0 Å². The van der Waals surface area contributed by atoms with Gasteiger partial charge in [-0.3, -0.25) is 0 Å². The van der Waals surface area contributed by atoms with Gasteiger partial charge in [0.2, 0.25) is 0 Å². The molecule has 0 saturated carbocycles. The van der Waals surface area contributed by atoms with Gasteiger partial charge in [-0.15, -0.1) is 0 Å². The third-order valence-corrected chi connectivity index (χ3v) is 3.98. The molecule has 2 aromatic rings. The average Bonchev–Trinajstić information content (AvgIpc) is 2.65. The second kappa shape index (κ2) is 6.94. The number of nitrogens with zero attached hydrogens (tertiary/aromatic N) is 1. The van der Waals surface area contributed by atoms with Crippen LogP contribution >= 0.6 is 35.4 Å². The van der Waals surface area contributed by atoms with Gasteiger partial charge in [0.1, 0.15) is 0 Å². The molecule has 3 nitrogen and oxygen atoms in total. The van der Waals surface area contributed by atoms with Crippen molar-refractivity contribution in [2.45, 2.75) is 26.8 Å². The van der Waals surface area contributed by atoms with Crippen molar-refractivity contribution >= 4 is 46.5 Å². The van der Waals surface area contributed by atoms with Crippen LogP contribution in [0.25, 0.3) is 11.0 Å². The zero-order chi connectivity index (χ0) is 14.7. The van der Waals surface area contributed by atoms with Gasteiger partial charge in [-0.1, -0.05) is 37.0 Å². The van der Waals surface area contributed by atoms with E-state index in [2.05, 4.69) is 18.8 Å². The number of fused-ring (bicyclic) bond motifs is 1. The van der Waals surface area contributed by atoms with Crippen LogP contribution in [-0.4, -0.2) is 22.8 Å². The summed E-state index contributed by atoms with van der Waals surface area (Å²) >= 11 is 17.4. The van der Waals surface area contributed by atoms with E-state index in [-0.39, 0.29) is 0 Å². The van der Waals surface area contributed by atoms with Gasteiger partial charge in [-0.2, -0.15) is 0 Å². The number of halogens is 2. The molecule has 0 aliphatic heterocycles. The maximum atomic E-state index is 6.07. The number of hydrogen-bond acceptors (Lipinski definition) is 2. The minimum absolute atomic E-state index is 0.530. The molecule has 0 radical (unpaired) electrons. The summed E-state index contributed by atoms with van der Waals surface area (Å²) in [7, 11) is 0. The first-order valence-electron chi connectivity index (χ1n) is 6.64. The summed E-state index contributed by atoms with van der Waals surface area (Å²) in [5, 5.41) is 1.07. The zero-order valence-corrected chi connectivity index (χ0v) is 13.9. The fraction of sp³-hybridized carbons (Fsp3) is 0.500. The molecule has 0 amide bonds. The number of rotatable bonds is 6. The molecule has 0 bridgehead atoms. The first-order valence-corrected chi connectivity index (χ1v) is 7.80. The van der Waals surface area contributed by atoms with E-state index in [0.717, 1.165) is 37.2 Å². The normalized spacial score (nSPS) is 11.7. The van der Waals surface area contributed by atoms with E-state index in [9.17, 15) is 0 Å². The van der Waals surface area contributed by atoms with E-state index in [1.54, 1.807) is 6.07 Å². The standard InChI is InChI=1S/C14H18Cl2N2OS/c1-9(2)8-19-5-3-4-18-13-7-11(16)10(15)6-12(13)17-14(18)20/h6-7,9H,3-5,8H2,1-2H3,(H,17,20). The number of H-pyrrole nitrogens is 1. The topological polar surface area (TPSA) is 29.9 Å². The fourth-order valence-corrected chi connectivity index (χ4v) is 2.64. The maximum absolute atomic E-state index is 6.07. The molecule has 110 valence electrons. The number of ether oxygens (including phenoxy) is 1. The molecule has 0 aliphatic carbocycles. The third kappa shape index (κ3) is 3.76. The Morgan fingerprint density at radius 2 is 2.00 bits per heavy atom. The second-order valence-corrected chi connectivity index (χ2v) is 6.39. The highest BCUT2D eigenvalue weighted by molar-refractivity contribution is 7.71. The number of imidazole rings is 1. The summed E-state index contributed by atoms with van der Waals surface area (Å²) in [6.07, 6.45) is 0.911. The Morgan fingerprint density at radius 3 is 2.70 bits per heavy atom. The molecule has 0 fully saturated rings. The molecule has 0 saturated heterocycles. The summed E-state index contributed by atoms with van der Waals surface area (Å²) < 4.78 is 8.30. The smallest absolute Gasteiger partial charge is 0.178 e. The van der Waals surface area contributed by atoms with Gasteiger partial charge in [0, 0.05) is 19.8 Å². The van der Waals surface area contributed by atoms with Crippen molar-refractivity contribution in [2.24, 2.45) is 5.92 Å². The van der Waals surface area contributed by atoms with Crippen LogP contribution in [0, 0.1) is 10.7 Å². The van der Waals surface area contributed by atoms with Crippen LogP contribution in [-0.2, 0) is 11.3 Å². The fourth-order valence-electron chi connectivity index (χ4n) is 2.02. The van der Waals surface area contributed by atoms with Crippen LogP contribution in [0.1, 0.15) is 20.3 Å². The lowest BCUT2D eigenvalue weighted by atomic mass is 10.2. The first-order chi connectivity index (χ1) is 9.49. The van der Waals surface area contributed by atoms with Crippen LogP contribution < -0.4 is 0 Å². The van der Waals surface area contributed by atoms with E-state index >= 15 is 0 Å². The Hall–Kier alpha value is -0.550. The number of aryl methyl sites for hydroxylation is 1. The van der Waals surface area contributed by atoms with Gasteiger partial charge in [0.15, 0.2) is 4.77 Å². The molecule has 2 rings (SSSR count). The lowest BCUT2D eigenvalue weighted by Gasteiger charge is -2.08. The molecule has 6 heteroatoms. The van der Waals surface area contributed by atoms with Crippen molar-refractivity contribution < 1.29 is 4.74 Å². The minimum atomic E-state index is 0.530. The van der Waals surface area contributed by atoms with E-state index < -0.39 is 0 Å². The molecule has 1 heterocycles. The van der Waals surface area contributed by atoms with Crippen LogP contribution in [0.15, 0.2) is 12.1 Å². The Balaban J connectivity index is 2.08. The summed E-state index contributed by atoms with van der Waals surface area (Å²) in [5.41, 5.74) is 1.89. The molecule has 0 aliphatic rings. The highest BCUT2D eigenvalue weighted by atomic mass is 35.5. The summed E-state index contributed by atoms with van der Waals surface area (Å²) in [6, 6.07) is 3.65. The summed E-state index contributed by atoms with van der Waals surface area (Å²) in [5.74, 6) is 0.561. The molecule has 1 aromatic heterocycles. The number of nitrogens with one attached hydrogen (secondary N) is 1. The number of benzene rings is 1. The molecule has 1 N–H and O–H groups in total. The van der Waals surface area contributed by atoms with Gasteiger partial charge in [-0.25, -0.2) is 0 Å². The largest absolute Gasteiger partial charge is 0.381 e. The van der Waals surface area contributed by atoms with Crippen molar-refractivity contribution in [1.82, 2.24) is 9.55 Å². The lowest BCUT2D eigenvalue weighted by molar-refractivity contribution is 0.105. The van der Waals surface area contributed by atoms with Gasteiger partial charge in [0.25, 0.3) is 0 Å². The molecule has 0 unspecified atom stereocenters. The van der Waals surface area contributed by atoms with Crippen molar-refractivity contribution in [3.63, 3.8) is 0 Å². The number of aromatic amines is 1. The predicted molar refractivity (Wildman–Crippen MR) is 87.4 cm³/mol. The maximum Gasteiger partial charge on any atom is 0.178 e.